The van der Waals surface area contributed by atoms with Crippen LogP contribution in [0.3, 0.4) is 0 Å². The monoisotopic (exact) mass is 268 g/mol. The Labute approximate surface area is 120 Å². The lowest BCUT2D eigenvalue weighted by molar-refractivity contribution is 0.307. The van der Waals surface area contributed by atoms with Crippen molar-refractivity contribution in [1.29, 1.82) is 0 Å². The summed E-state index contributed by atoms with van der Waals surface area (Å²) >= 11 is 0. The molecule has 0 spiro atoms. The summed E-state index contributed by atoms with van der Waals surface area (Å²) in [5.74, 6) is 0.942. The Morgan fingerprint density at radius 2 is 1.75 bits per heavy atom. The predicted octanol–water partition coefficient (Wildman–Crippen LogP) is 4.74. The average Bonchev–Trinajstić information content (AvgIpc) is 2.46. The molecule has 2 aromatic rings. The molecule has 0 bridgehead atoms. The van der Waals surface area contributed by atoms with Crippen molar-refractivity contribution in [3.63, 3.8) is 0 Å². The Morgan fingerprint density at radius 3 is 2.50 bits per heavy atom. The van der Waals surface area contributed by atoms with Gasteiger partial charge in [-0.05, 0) is 29.7 Å². The normalized spacial score (nSPS) is 10.8. The van der Waals surface area contributed by atoms with Gasteiger partial charge in [0.1, 0.15) is 11.5 Å². The fourth-order valence-electron chi connectivity index (χ4n) is 1.88. The lowest BCUT2D eigenvalue weighted by atomic mass is 10.1. The van der Waals surface area contributed by atoms with Crippen LogP contribution in [0.1, 0.15) is 30.9 Å². The van der Waals surface area contributed by atoms with Gasteiger partial charge in [-0.3, -0.25) is 0 Å². The Bertz CT molecular complexity index is 559. The highest BCUT2D eigenvalue weighted by Gasteiger charge is 1.99. The standard InChI is InChI=1S/C18H20O2/c1-2-3-11-20-18-13-16(12-17(19)14-18)10-9-15-7-5-4-6-8-15/h4-10,12-14,19H,2-3,11H2,1H3. The zero-order valence-electron chi connectivity index (χ0n) is 11.8. The summed E-state index contributed by atoms with van der Waals surface area (Å²) < 4.78 is 5.63. The van der Waals surface area contributed by atoms with Crippen LogP contribution in [-0.2, 0) is 0 Å². The quantitative estimate of drug-likeness (QED) is 0.605. The molecule has 0 heterocycles. The molecule has 2 nitrogen and oxygen atoms in total. The van der Waals surface area contributed by atoms with Crippen molar-refractivity contribution in [2.75, 3.05) is 6.61 Å². The second-order valence-electron chi connectivity index (χ2n) is 4.71. The summed E-state index contributed by atoms with van der Waals surface area (Å²) in [4.78, 5) is 0. The largest absolute Gasteiger partial charge is 0.508 e. The summed E-state index contributed by atoms with van der Waals surface area (Å²) in [7, 11) is 0. The molecule has 0 aliphatic carbocycles. The van der Waals surface area contributed by atoms with Gasteiger partial charge in [-0.2, -0.15) is 0 Å². The molecule has 0 aliphatic heterocycles. The van der Waals surface area contributed by atoms with Crippen LogP contribution in [0.5, 0.6) is 11.5 Å². The lowest BCUT2D eigenvalue weighted by Crippen LogP contribution is -1.96. The Balaban J connectivity index is 2.09. The van der Waals surface area contributed by atoms with E-state index >= 15 is 0 Å². The number of unbranched alkanes of at least 4 members (excludes halogenated alkanes) is 1. The molecule has 20 heavy (non-hydrogen) atoms. The first-order valence-electron chi connectivity index (χ1n) is 6.98. The van der Waals surface area contributed by atoms with Gasteiger partial charge in [0.15, 0.2) is 0 Å². The minimum atomic E-state index is 0.228. The first kappa shape index (κ1) is 14.2. The van der Waals surface area contributed by atoms with Crippen molar-refractivity contribution in [2.45, 2.75) is 19.8 Å². The second kappa shape index (κ2) is 7.39. The SMILES string of the molecule is CCCCOc1cc(O)cc(C=Cc2ccccc2)c1. The number of phenols is 1. The number of phenolic OH excluding ortho intramolecular Hbond substituents is 1. The Kier molecular flexibility index (Phi) is 5.24. The molecule has 0 amide bonds. The molecule has 0 aromatic heterocycles. The van der Waals surface area contributed by atoms with Crippen LogP contribution in [0.2, 0.25) is 0 Å². The van der Waals surface area contributed by atoms with E-state index in [1.54, 1.807) is 12.1 Å². The highest BCUT2D eigenvalue weighted by atomic mass is 16.5. The van der Waals surface area contributed by atoms with Gasteiger partial charge in [0, 0.05) is 6.07 Å². The van der Waals surface area contributed by atoms with Gasteiger partial charge in [-0.15, -0.1) is 0 Å². The number of ether oxygens (including phenoxy) is 1. The van der Waals surface area contributed by atoms with Crippen LogP contribution in [-0.4, -0.2) is 11.7 Å². The lowest BCUT2D eigenvalue weighted by Gasteiger charge is -2.07. The van der Waals surface area contributed by atoms with Crippen LogP contribution in [0.15, 0.2) is 48.5 Å². The molecule has 0 radical (unpaired) electrons. The molecule has 0 unspecified atom stereocenters. The molecule has 0 saturated carbocycles. The molecule has 0 atom stereocenters. The van der Waals surface area contributed by atoms with E-state index in [1.165, 1.54) is 0 Å². The molecule has 2 heteroatoms. The highest BCUT2D eigenvalue weighted by molar-refractivity contribution is 5.70. The molecule has 0 fully saturated rings. The first-order valence-corrected chi connectivity index (χ1v) is 6.98. The number of benzene rings is 2. The van der Waals surface area contributed by atoms with Crippen molar-refractivity contribution in [1.82, 2.24) is 0 Å². The Morgan fingerprint density at radius 1 is 1.00 bits per heavy atom. The van der Waals surface area contributed by atoms with Crippen molar-refractivity contribution < 1.29 is 9.84 Å². The third-order valence-electron chi connectivity index (χ3n) is 2.95. The predicted molar refractivity (Wildman–Crippen MR) is 83.9 cm³/mol. The van der Waals surface area contributed by atoms with Gasteiger partial charge in [0.25, 0.3) is 0 Å². The van der Waals surface area contributed by atoms with Gasteiger partial charge < -0.3 is 9.84 Å². The fourth-order valence-corrected chi connectivity index (χ4v) is 1.88. The van der Waals surface area contributed by atoms with E-state index in [4.69, 9.17) is 4.74 Å². The van der Waals surface area contributed by atoms with Crippen LogP contribution < -0.4 is 4.74 Å². The average molecular weight is 268 g/mol. The summed E-state index contributed by atoms with van der Waals surface area (Å²) in [5, 5.41) is 9.73. The maximum absolute atomic E-state index is 9.73. The van der Waals surface area contributed by atoms with Crippen molar-refractivity contribution >= 4 is 12.2 Å². The number of hydrogen-bond acceptors (Lipinski definition) is 2. The maximum atomic E-state index is 9.73. The van der Waals surface area contributed by atoms with Crippen LogP contribution in [0, 0.1) is 0 Å². The summed E-state index contributed by atoms with van der Waals surface area (Å²) in [6, 6.07) is 15.4. The summed E-state index contributed by atoms with van der Waals surface area (Å²) in [6.07, 6.45) is 6.11. The van der Waals surface area contributed by atoms with E-state index in [0.717, 1.165) is 24.0 Å². The zero-order chi connectivity index (χ0) is 14.2. The second-order valence-corrected chi connectivity index (χ2v) is 4.71. The van der Waals surface area contributed by atoms with Gasteiger partial charge in [-0.25, -0.2) is 0 Å². The molecule has 0 saturated heterocycles. The van der Waals surface area contributed by atoms with E-state index in [1.807, 2.05) is 48.6 Å². The minimum Gasteiger partial charge on any atom is -0.508 e. The van der Waals surface area contributed by atoms with Gasteiger partial charge in [0.2, 0.25) is 0 Å². The zero-order valence-corrected chi connectivity index (χ0v) is 11.8. The minimum absolute atomic E-state index is 0.228. The molecular formula is C18H20O2. The van der Waals surface area contributed by atoms with Crippen molar-refractivity contribution in [2.24, 2.45) is 0 Å². The number of aromatic hydroxyl groups is 1. The van der Waals surface area contributed by atoms with Crippen LogP contribution in [0.25, 0.3) is 12.2 Å². The first-order chi connectivity index (χ1) is 9.78. The van der Waals surface area contributed by atoms with Crippen molar-refractivity contribution in [3.8, 4) is 11.5 Å². The topological polar surface area (TPSA) is 29.5 Å². The van der Waals surface area contributed by atoms with E-state index in [2.05, 4.69) is 6.92 Å². The Hall–Kier alpha value is -2.22. The fraction of sp³-hybridized carbons (Fsp3) is 0.222. The molecule has 104 valence electrons. The van der Waals surface area contributed by atoms with Gasteiger partial charge in [-0.1, -0.05) is 55.8 Å². The van der Waals surface area contributed by atoms with Gasteiger partial charge >= 0.3 is 0 Å². The van der Waals surface area contributed by atoms with E-state index in [-0.39, 0.29) is 5.75 Å². The highest BCUT2D eigenvalue weighted by Crippen LogP contribution is 2.23. The third kappa shape index (κ3) is 4.47. The molecular weight excluding hydrogens is 248 g/mol. The van der Waals surface area contributed by atoms with Crippen molar-refractivity contribution in [3.05, 3.63) is 59.7 Å². The summed E-state index contributed by atoms with van der Waals surface area (Å²) in [6.45, 7) is 2.81. The van der Waals surface area contributed by atoms with E-state index < -0.39 is 0 Å². The number of rotatable bonds is 6. The number of hydrogen-bond donors (Lipinski definition) is 1. The van der Waals surface area contributed by atoms with E-state index in [9.17, 15) is 5.11 Å². The summed E-state index contributed by atoms with van der Waals surface area (Å²) in [5.41, 5.74) is 2.06. The van der Waals surface area contributed by atoms with Crippen LogP contribution >= 0.6 is 0 Å². The molecule has 2 aromatic carbocycles. The molecule has 2 rings (SSSR count). The maximum Gasteiger partial charge on any atom is 0.123 e. The molecule has 0 aliphatic rings. The third-order valence-corrected chi connectivity index (χ3v) is 2.95. The molecule has 1 N–H and O–H groups in total. The van der Waals surface area contributed by atoms with Crippen LogP contribution in [0.4, 0.5) is 0 Å². The van der Waals surface area contributed by atoms with Gasteiger partial charge in [0.05, 0.1) is 6.61 Å². The van der Waals surface area contributed by atoms with E-state index in [0.29, 0.717) is 12.4 Å². The smallest absolute Gasteiger partial charge is 0.123 e.